The maximum Gasteiger partial charge on any atom is 0.106 e. The Balaban J connectivity index is 4.01. The first-order valence-corrected chi connectivity index (χ1v) is 8.34. The second kappa shape index (κ2) is 9.69. The molecule has 0 aromatic heterocycles. The predicted molar refractivity (Wildman–Crippen MR) is 82.9 cm³/mol. The van der Waals surface area contributed by atoms with Crippen LogP contribution in [0.5, 0.6) is 0 Å². The van der Waals surface area contributed by atoms with Crippen molar-refractivity contribution in [3.8, 4) is 6.07 Å². The number of nitriles is 1. The van der Waals surface area contributed by atoms with Crippen molar-refractivity contribution in [3.05, 3.63) is 0 Å². The summed E-state index contributed by atoms with van der Waals surface area (Å²) >= 11 is 2.03. The Morgan fingerprint density at radius 1 is 1.28 bits per heavy atom. The van der Waals surface area contributed by atoms with E-state index >= 15 is 0 Å². The molecule has 0 aromatic rings. The van der Waals surface area contributed by atoms with Crippen LogP contribution in [0.15, 0.2) is 0 Å². The number of thioether (sulfide) groups is 1. The average Bonchev–Trinajstić information content (AvgIpc) is 2.38. The molecule has 2 unspecified atom stereocenters. The van der Waals surface area contributed by atoms with Gasteiger partial charge in [0.25, 0.3) is 0 Å². The van der Waals surface area contributed by atoms with Gasteiger partial charge in [0.1, 0.15) is 5.54 Å². The summed E-state index contributed by atoms with van der Waals surface area (Å²) < 4.78 is 0. The summed E-state index contributed by atoms with van der Waals surface area (Å²) in [5.41, 5.74) is -0.294. The number of nitrogens with zero attached hydrogens (tertiary/aromatic N) is 1. The van der Waals surface area contributed by atoms with Crippen molar-refractivity contribution in [2.75, 3.05) is 12.3 Å². The van der Waals surface area contributed by atoms with Gasteiger partial charge in [-0.1, -0.05) is 34.6 Å². The summed E-state index contributed by atoms with van der Waals surface area (Å²) in [6.07, 6.45) is 4.08. The maximum absolute atomic E-state index is 9.38. The van der Waals surface area contributed by atoms with Gasteiger partial charge in [-0.25, -0.2) is 0 Å². The molecule has 0 saturated heterocycles. The average molecular weight is 270 g/mol. The third-order valence-electron chi connectivity index (χ3n) is 3.60. The first kappa shape index (κ1) is 17.8. The van der Waals surface area contributed by atoms with E-state index in [0.717, 1.165) is 43.9 Å². The Bertz CT molecular complexity index is 247. The van der Waals surface area contributed by atoms with Crippen LogP contribution in [0.3, 0.4) is 0 Å². The van der Waals surface area contributed by atoms with Crippen LogP contribution in [0, 0.1) is 17.2 Å². The smallest absolute Gasteiger partial charge is 0.106 e. The lowest BCUT2D eigenvalue weighted by Crippen LogP contribution is -2.43. The third kappa shape index (κ3) is 6.66. The molecule has 3 heteroatoms. The van der Waals surface area contributed by atoms with Crippen LogP contribution in [-0.4, -0.2) is 23.1 Å². The predicted octanol–water partition coefficient (Wildman–Crippen LogP) is 4.22. The van der Waals surface area contributed by atoms with Crippen molar-refractivity contribution in [3.63, 3.8) is 0 Å². The number of hydrogen-bond acceptors (Lipinski definition) is 3. The summed E-state index contributed by atoms with van der Waals surface area (Å²) in [7, 11) is 0. The second-order valence-electron chi connectivity index (χ2n) is 5.40. The Hall–Kier alpha value is -0.200. The Morgan fingerprint density at radius 3 is 2.39 bits per heavy atom. The molecule has 0 aliphatic heterocycles. The van der Waals surface area contributed by atoms with Gasteiger partial charge in [-0.15, -0.1) is 0 Å². The van der Waals surface area contributed by atoms with Crippen LogP contribution in [0.2, 0.25) is 0 Å². The van der Waals surface area contributed by atoms with Crippen molar-refractivity contribution < 1.29 is 0 Å². The third-order valence-corrected chi connectivity index (χ3v) is 5.19. The maximum atomic E-state index is 9.38. The minimum atomic E-state index is -0.294. The van der Waals surface area contributed by atoms with E-state index in [4.69, 9.17) is 0 Å². The lowest BCUT2D eigenvalue weighted by atomic mass is 9.92. The van der Waals surface area contributed by atoms with Crippen LogP contribution in [0.1, 0.15) is 60.3 Å². The molecule has 0 saturated carbocycles. The number of nitrogens with one attached hydrogen (secondary N) is 1. The van der Waals surface area contributed by atoms with E-state index in [1.165, 1.54) is 0 Å². The van der Waals surface area contributed by atoms with E-state index in [1.807, 2.05) is 11.8 Å². The highest BCUT2D eigenvalue weighted by Crippen LogP contribution is 2.23. The zero-order valence-corrected chi connectivity index (χ0v) is 13.6. The molecule has 0 fully saturated rings. The molecule has 0 aromatic carbocycles. The SMILES string of the molecule is CCCNC(C#N)(CC)CCCSC(C)C(C)C. The molecule has 0 aliphatic rings. The van der Waals surface area contributed by atoms with Crippen LogP contribution < -0.4 is 5.32 Å². The van der Waals surface area contributed by atoms with Crippen LogP contribution in [0.4, 0.5) is 0 Å². The highest BCUT2D eigenvalue weighted by Gasteiger charge is 2.26. The van der Waals surface area contributed by atoms with Gasteiger partial charge < -0.3 is 0 Å². The topological polar surface area (TPSA) is 35.8 Å². The summed E-state index contributed by atoms with van der Waals surface area (Å²) in [5.74, 6) is 1.90. The van der Waals surface area contributed by atoms with Gasteiger partial charge in [0.05, 0.1) is 6.07 Å². The fraction of sp³-hybridized carbons (Fsp3) is 0.933. The van der Waals surface area contributed by atoms with E-state index in [-0.39, 0.29) is 5.54 Å². The van der Waals surface area contributed by atoms with Gasteiger partial charge in [0, 0.05) is 5.25 Å². The van der Waals surface area contributed by atoms with Crippen molar-refractivity contribution in [2.24, 2.45) is 5.92 Å². The highest BCUT2D eigenvalue weighted by molar-refractivity contribution is 7.99. The largest absolute Gasteiger partial charge is 0.299 e. The lowest BCUT2D eigenvalue weighted by molar-refractivity contribution is 0.371. The first-order chi connectivity index (χ1) is 8.51. The lowest BCUT2D eigenvalue weighted by Gasteiger charge is -2.27. The molecule has 1 N–H and O–H groups in total. The van der Waals surface area contributed by atoms with Crippen LogP contribution in [-0.2, 0) is 0 Å². The van der Waals surface area contributed by atoms with Crippen molar-refractivity contribution in [1.29, 1.82) is 5.26 Å². The molecular formula is C15H30N2S. The summed E-state index contributed by atoms with van der Waals surface area (Å²) in [5, 5.41) is 13.5. The normalized spacial score (nSPS) is 16.3. The standard InChI is InChI=1S/C15H30N2S/c1-6-10-17-15(7-2,12-16)9-8-11-18-14(5)13(3)4/h13-14,17H,6-11H2,1-5H3. The molecule has 0 amide bonds. The fourth-order valence-corrected chi connectivity index (χ4v) is 2.83. The molecule has 0 radical (unpaired) electrons. The van der Waals surface area contributed by atoms with Crippen molar-refractivity contribution in [1.82, 2.24) is 5.32 Å². The molecule has 2 nitrogen and oxygen atoms in total. The van der Waals surface area contributed by atoms with Gasteiger partial charge in [-0.2, -0.15) is 17.0 Å². The molecule has 0 aliphatic carbocycles. The first-order valence-electron chi connectivity index (χ1n) is 7.29. The molecule has 18 heavy (non-hydrogen) atoms. The van der Waals surface area contributed by atoms with E-state index in [1.54, 1.807) is 0 Å². The van der Waals surface area contributed by atoms with Gasteiger partial charge in [0.15, 0.2) is 0 Å². The molecule has 0 rings (SSSR count). The van der Waals surface area contributed by atoms with Gasteiger partial charge in [-0.3, -0.25) is 5.32 Å². The molecule has 106 valence electrons. The summed E-state index contributed by atoms with van der Waals surface area (Å²) in [4.78, 5) is 0. The minimum Gasteiger partial charge on any atom is -0.299 e. The Morgan fingerprint density at radius 2 is 1.94 bits per heavy atom. The van der Waals surface area contributed by atoms with Crippen LogP contribution in [0.25, 0.3) is 0 Å². The van der Waals surface area contributed by atoms with E-state index in [9.17, 15) is 5.26 Å². The quantitative estimate of drug-likeness (QED) is 0.604. The summed E-state index contributed by atoms with van der Waals surface area (Å²) in [6, 6.07) is 2.49. The van der Waals surface area contributed by atoms with E-state index in [2.05, 4.69) is 46.0 Å². The molecule has 0 heterocycles. The van der Waals surface area contributed by atoms with Gasteiger partial charge >= 0.3 is 0 Å². The monoisotopic (exact) mass is 270 g/mol. The Labute approximate surface area is 118 Å². The van der Waals surface area contributed by atoms with E-state index < -0.39 is 0 Å². The summed E-state index contributed by atoms with van der Waals surface area (Å²) in [6.45, 7) is 12.0. The zero-order valence-electron chi connectivity index (χ0n) is 12.8. The van der Waals surface area contributed by atoms with Gasteiger partial charge in [-0.05, 0) is 43.9 Å². The molecule has 0 bridgehead atoms. The van der Waals surface area contributed by atoms with Crippen LogP contribution >= 0.6 is 11.8 Å². The minimum absolute atomic E-state index is 0.294. The highest BCUT2D eigenvalue weighted by atomic mass is 32.2. The Kier molecular flexibility index (Phi) is 9.59. The van der Waals surface area contributed by atoms with Crippen molar-refractivity contribution >= 4 is 11.8 Å². The molecular weight excluding hydrogens is 240 g/mol. The van der Waals surface area contributed by atoms with E-state index in [0.29, 0.717) is 5.25 Å². The number of rotatable bonds is 10. The zero-order chi connectivity index (χ0) is 14.0. The van der Waals surface area contributed by atoms with Crippen molar-refractivity contribution in [2.45, 2.75) is 71.1 Å². The number of hydrogen-bond donors (Lipinski definition) is 1. The fourth-order valence-electron chi connectivity index (χ4n) is 1.76. The molecule has 2 atom stereocenters. The molecule has 0 spiro atoms. The van der Waals surface area contributed by atoms with Gasteiger partial charge in [0.2, 0.25) is 0 Å². The second-order valence-corrected chi connectivity index (χ2v) is 6.88.